The summed E-state index contributed by atoms with van der Waals surface area (Å²) in [4.78, 5) is 27.4. The van der Waals surface area contributed by atoms with Crippen molar-refractivity contribution in [3.63, 3.8) is 0 Å². The Bertz CT molecular complexity index is 1000. The zero-order valence-corrected chi connectivity index (χ0v) is 22.9. The number of rotatable bonds is 5. The summed E-state index contributed by atoms with van der Waals surface area (Å²) >= 11 is 0. The minimum absolute atomic E-state index is 0.0929. The average molecular weight is 514 g/mol. The molecule has 0 unspecified atom stereocenters. The van der Waals surface area contributed by atoms with E-state index in [1.54, 1.807) is 0 Å². The molecule has 204 valence electrons. The number of aliphatic hydroxyl groups excluding tert-OH is 1. The van der Waals surface area contributed by atoms with Crippen LogP contribution >= 0.6 is 0 Å². The summed E-state index contributed by atoms with van der Waals surface area (Å²) < 4.78 is 17.4. The van der Waals surface area contributed by atoms with Crippen LogP contribution in [0.2, 0.25) is 0 Å². The van der Waals surface area contributed by atoms with Crippen LogP contribution in [0.15, 0.2) is 18.2 Å². The number of hydrogen-bond donors (Lipinski definition) is 1. The Morgan fingerprint density at radius 3 is 2.35 bits per heavy atom. The number of hydrogen-bond acceptors (Lipinski definition) is 6. The zero-order chi connectivity index (χ0) is 26.5. The maximum atomic E-state index is 13.0. The highest BCUT2D eigenvalue weighted by Gasteiger charge is 2.46. The summed E-state index contributed by atoms with van der Waals surface area (Å²) in [6, 6.07) is 6.40. The summed E-state index contributed by atoms with van der Waals surface area (Å²) in [6.45, 7) is 7.69. The van der Waals surface area contributed by atoms with Crippen LogP contribution in [0.4, 0.5) is 4.79 Å². The normalized spacial score (nSPS) is 31.0. The molecule has 3 fully saturated rings. The fourth-order valence-corrected chi connectivity index (χ4v) is 7.08. The van der Waals surface area contributed by atoms with Crippen LogP contribution in [-0.4, -0.2) is 53.0 Å². The van der Waals surface area contributed by atoms with Crippen LogP contribution in [0, 0.1) is 17.8 Å². The first-order valence-corrected chi connectivity index (χ1v) is 14.1. The Hall–Kier alpha value is -2.28. The highest BCUT2D eigenvalue weighted by molar-refractivity contribution is 5.73. The highest BCUT2D eigenvalue weighted by atomic mass is 16.6. The highest BCUT2D eigenvalue weighted by Crippen LogP contribution is 2.50. The lowest BCUT2D eigenvalue weighted by atomic mass is 9.74. The van der Waals surface area contributed by atoms with Crippen molar-refractivity contribution in [1.82, 2.24) is 4.90 Å². The zero-order valence-electron chi connectivity index (χ0n) is 22.9. The molecule has 1 aromatic carbocycles. The molecule has 0 spiro atoms. The van der Waals surface area contributed by atoms with Crippen molar-refractivity contribution < 1.29 is 28.9 Å². The van der Waals surface area contributed by atoms with Gasteiger partial charge in [-0.3, -0.25) is 4.79 Å². The van der Waals surface area contributed by atoms with E-state index in [0.717, 1.165) is 61.8 Å². The van der Waals surface area contributed by atoms with E-state index in [4.69, 9.17) is 14.2 Å². The minimum Gasteiger partial charge on any atom is -0.490 e. The van der Waals surface area contributed by atoms with Crippen molar-refractivity contribution in [2.45, 2.75) is 115 Å². The van der Waals surface area contributed by atoms with Gasteiger partial charge in [0.1, 0.15) is 17.5 Å². The number of aliphatic hydroxyl groups is 1. The van der Waals surface area contributed by atoms with Gasteiger partial charge in [-0.15, -0.1) is 0 Å². The number of methoxy groups -OCH3 is 1. The number of carbonyl (C=O) groups excluding carboxylic acids is 2. The molecular formula is C30H43NO6. The third-order valence-corrected chi connectivity index (χ3v) is 8.90. The molecule has 4 aliphatic rings. The Morgan fingerprint density at radius 1 is 1.08 bits per heavy atom. The second kappa shape index (κ2) is 10.1. The summed E-state index contributed by atoms with van der Waals surface area (Å²) in [7, 11) is 1.45. The van der Waals surface area contributed by atoms with Gasteiger partial charge in [0, 0.05) is 24.1 Å². The molecule has 1 aromatic rings. The standard InChI is InChI=1S/C30H43NO6/c1-17(28(33)35-5)27(18-9-10-18)19-11-12-23-24(32)16-25(36-26(23)15-19)20-13-21-7-6-8-22(14-20)31(21)29(34)37-30(2,3)4/h11-12,15,17-18,20-22,24-25,27,32H,6-10,13-14,16H2,1-5H3/t17-,21-,22-,24-,25-,27-/m0/s1. The average Bonchev–Trinajstić information content (AvgIpc) is 3.66. The molecule has 1 aliphatic carbocycles. The molecule has 2 saturated heterocycles. The topological polar surface area (TPSA) is 85.3 Å². The van der Waals surface area contributed by atoms with Crippen LogP contribution in [-0.2, 0) is 14.3 Å². The van der Waals surface area contributed by atoms with Crippen LogP contribution in [0.5, 0.6) is 5.75 Å². The van der Waals surface area contributed by atoms with E-state index in [-0.39, 0.29) is 48.0 Å². The molecular weight excluding hydrogens is 470 g/mol. The second-order valence-electron chi connectivity index (χ2n) is 12.7. The van der Waals surface area contributed by atoms with Gasteiger partial charge in [-0.25, -0.2) is 4.79 Å². The van der Waals surface area contributed by atoms with Gasteiger partial charge in [0.2, 0.25) is 0 Å². The molecule has 1 saturated carbocycles. The molecule has 0 radical (unpaired) electrons. The van der Waals surface area contributed by atoms with Gasteiger partial charge in [-0.1, -0.05) is 19.1 Å². The van der Waals surface area contributed by atoms with E-state index in [0.29, 0.717) is 12.3 Å². The Morgan fingerprint density at radius 2 is 1.76 bits per heavy atom. The summed E-state index contributed by atoms with van der Waals surface area (Å²) in [6.07, 6.45) is 6.75. The van der Waals surface area contributed by atoms with Crippen molar-refractivity contribution >= 4 is 12.1 Å². The van der Waals surface area contributed by atoms with Crippen LogP contribution in [0.25, 0.3) is 0 Å². The predicted octanol–water partition coefficient (Wildman–Crippen LogP) is 5.74. The van der Waals surface area contributed by atoms with E-state index < -0.39 is 11.7 Å². The van der Waals surface area contributed by atoms with Crippen LogP contribution in [0.1, 0.15) is 102 Å². The van der Waals surface area contributed by atoms with Crippen molar-refractivity contribution in [2.75, 3.05) is 7.11 Å². The summed E-state index contributed by atoms with van der Waals surface area (Å²) in [5, 5.41) is 11.1. The van der Waals surface area contributed by atoms with Gasteiger partial charge >= 0.3 is 12.1 Å². The first-order valence-electron chi connectivity index (χ1n) is 14.1. The van der Waals surface area contributed by atoms with Crippen molar-refractivity contribution in [3.8, 4) is 5.75 Å². The van der Waals surface area contributed by atoms with Gasteiger partial charge in [0.05, 0.1) is 19.1 Å². The van der Waals surface area contributed by atoms with Gasteiger partial charge in [0.15, 0.2) is 0 Å². The lowest BCUT2D eigenvalue weighted by molar-refractivity contribution is -0.145. The van der Waals surface area contributed by atoms with Gasteiger partial charge < -0.3 is 24.2 Å². The third kappa shape index (κ3) is 5.47. The molecule has 6 atom stereocenters. The van der Waals surface area contributed by atoms with E-state index >= 15 is 0 Å². The number of piperidine rings is 2. The Kier molecular flexibility index (Phi) is 7.20. The van der Waals surface area contributed by atoms with Crippen LogP contribution in [0.3, 0.4) is 0 Å². The lowest BCUT2D eigenvalue weighted by Crippen LogP contribution is -2.57. The predicted molar refractivity (Wildman–Crippen MR) is 139 cm³/mol. The van der Waals surface area contributed by atoms with Crippen molar-refractivity contribution in [2.24, 2.45) is 17.8 Å². The molecule has 2 bridgehead atoms. The monoisotopic (exact) mass is 513 g/mol. The van der Waals surface area contributed by atoms with Crippen molar-refractivity contribution in [1.29, 1.82) is 0 Å². The number of benzene rings is 1. The maximum Gasteiger partial charge on any atom is 0.410 e. The fraction of sp³-hybridized carbons (Fsp3) is 0.733. The Labute approximate surface area is 220 Å². The van der Waals surface area contributed by atoms with E-state index in [2.05, 4.69) is 12.1 Å². The molecule has 1 amide bonds. The maximum absolute atomic E-state index is 13.0. The second-order valence-corrected chi connectivity index (χ2v) is 12.7. The molecule has 1 N–H and O–H groups in total. The van der Waals surface area contributed by atoms with E-state index in [1.165, 1.54) is 7.11 Å². The SMILES string of the molecule is COC(=O)[C@@H](C)[C@H](c1ccc2c(c1)O[C@H](C1C[C@@H]3CCC[C@@H](C1)N3C(=O)OC(C)(C)C)C[C@@H]2O)C1CC1. The quantitative estimate of drug-likeness (QED) is 0.505. The molecule has 5 rings (SSSR count). The van der Waals surface area contributed by atoms with Crippen molar-refractivity contribution in [3.05, 3.63) is 29.3 Å². The van der Waals surface area contributed by atoms with E-state index in [1.807, 2.05) is 38.7 Å². The lowest BCUT2D eigenvalue weighted by Gasteiger charge is -2.50. The summed E-state index contributed by atoms with van der Waals surface area (Å²) in [5.74, 6) is 1.17. The fourth-order valence-electron chi connectivity index (χ4n) is 7.08. The number of carbonyl (C=O) groups is 2. The molecule has 0 aromatic heterocycles. The molecule has 37 heavy (non-hydrogen) atoms. The number of nitrogens with zero attached hydrogens (tertiary/aromatic N) is 1. The van der Waals surface area contributed by atoms with Crippen LogP contribution < -0.4 is 4.74 Å². The first kappa shape index (κ1) is 26.3. The minimum atomic E-state index is -0.580. The van der Waals surface area contributed by atoms with Gasteiger partial charge in [-0.2, -0.15) is 0 Å². The number of fused-ring (bicyclic) bond motifs is 3. The third-order valence-electron chi connectivity index (χ3n) is 8.90. The first-order chi connectivity index (χ1) is 17.6. The smallest absolute Gasteiger partial charge is 0.410 e. The molecule has 3 heterocycles. The number of esters is 1. The molecule has 3 aliphatic heterocycles. The largest absolute Gasteiger partial charge is 0.490 e. The van der Waals surface area contributed by atoms with Gasteiger partial charge in [0.25, 0.3) is 0 Å². The molecule has 7 nitrogen and oxygen atoms in total. The van der Waals surface area contributed by atoms with Gasteiger partial charge in [-0.05, 0) is 95.1 Å². The Balaban J connectivity index is 1.33. The number of amides is 1. The molecule has 7 heteroatoms. The summed E-state index contributed by atoms with van der Waals surface area (Å²) in [5.41, 5.74) is 1.40. The number of ether oxygens (including phenoxy) is 3. The van der Waals surface area contributed by atoms with E-state index in [9.17, 15) is 14.7 Å².